The average molecular weight is 163 g/mol. The average Bonchev–Trinajstić information content (AvgIpc) is 1.60. The second-order valence-electron chi connectivity index (χ2n) is 2.53. The van der Waals surface area contributed by atoms with Crippen molar-refractivity contribution in [3.8, 4) is 0 Å². The lowest BCUT2D eigenvalue weighted by atomic mass is 10.3. The maximum Gasteiger partial charge on any atom is 0.334 e. The van der Waals surface area contributed by atoms with Crippen LogP contribution in [-0.4, -0.2) is 11.0 Å². The zero-order valence-corrected chi connectivity index (χ0v) is 7.16. The Morgan fingerprint density at radius 2 is 2.00 bits per heavy atom. The Balaban J connectivity index is 3.93. The van der Waals surface area contributed by atoms with Gasteiger partial charge in [-0.25, -0.2) is 4.79 Å². The Morgan fingerprint density at radius 3 is 2.10 bits per heavy atom. The van der Waals surface area contributed by atoms with Crippen LogP contribution in [0.15, 0.2) is 12.2 Å². The highest BCUT2D eigenvalue weighted by molar-refractivity contribution is 6.23. The molecule has 0 spiro atoms. The minimum Gasteiger partial charge on any atom is -0.440 e. The fraction of sp³-hybridized carbons (Fsp3) is 0.571. The number of carbonyl (C=O) groups is 1. The Hall–Kier alpha value is -0.500. The first-order valence-electron chi connectivity index (χ1n) is 2.90. The molecule has 0 radical (unpaired) electrons. The summed E-state index contributed by atoms with van der Waals surface area (Å²) in [6.45, 7) is 8.17. The molecule has 0 saturated heterocycles. The summed E-state index contributed by atoms with van der Waals surface area (Å²) in [5.41, 5.74) is 0.355. The molecule has 0 heterocycles. The van der Waals surface area contributed by atoms with E-state index in [-0.39, 0.29) is 0 Å². The van der Waals surface area contributed by atoms with Crippen LogP contribution >= 0.6 is 11.6 Å². The van der Waals surface area contributed by atoms with Gasteiger partial charge in [0.2, 0.25) is 0 Å². The lowest BCUT2D eigenvalue weighted by Gasteiger charge is -2.16. The SMILES string of the molecule is C=C(C)C(=O)OC(C)(C)Cl. The van der Waals surface area contributed by atoms with E-state index in [4.69, 9.17) is 16.3 Å². The van der Waals surface area contributed by atoms with Gasteiger partial charge in [0, 0.05) is 5.57 Å². The number of esters is 1. The summed E-state index contributed by atoms with van der Waals surface area (Å²) in [6.07, 6.45) is 0. The molecular weight excluding hydrogens is 152 g/mol. The van der Waals surface area contributed by atoms with E-state index in [0.717, 1.165) is 0 Å². The molecule has 0 unspecified atom stereocenters. The van der Waals surface area contributed by atoms with E-state index in [1.807, 2.05) is 0 Å². The van der Waals surface area contributed by atoms with Crippen molar-refractivity contribution in [1.29, 1.82) is 0 Å². The van der Waals surface area contributed by atoms with Crippen molar-refractivity contribution in [2.75, 3.05) is 0 Å². The maximum absolute atomic E-state index is 10.8. The molecule has 0 N–H and O–H groups in total. The van der Waals surface area contributed by atoms with Crippen molar-refractivity contribution in [2.45, 2.75) is 25.8 Å². The fourth-order valence-corrected chi connectivity index (χ4v) is 0.378. The molecule has 0 aliphatic carbocycles. The fourth-order valence-electron chi connectivity index (χ4n) is 0.308. The smallest absolute Gasteiger partial charge is 0.334 e. The molecule has 58 valence electrons. The van der Waals surface area contributed by atoms with Gasteiger partial charge in [0.1, 0.15) is 0 Å². The van der Waals surface area contributed by atoms with Crippen LogP contribution in [0.4, 0.5) is 0 Å². The van der Waals surface area contributed by atoms with Crippen LogP contribution in [0.25, 0.3) is 0 Å². The molecule has 0 aliphatic rings. The van der Waals surface area contributed by atoms with E-state index in [1.165, 1.54) is 0 Å². The number of halogens is 1. The number of ether oxygens (including phenoxy) is 1. The van der Waals surface area contributed by atoms with Gasteiger partial charge in [0.05, 0.1) is 0 Å². The van der Waals surface area contributed by atoms with Crippen LogP contribution < -0.4 is 0 Å². The summed E-state index contributed by atoms with van der Waals surface area (Å²) >= 11 is 5.59. The summed E-state index contributed by atoms with van der Waals surface area (Å²) in [5, 5.41) is -0.934. The first-order valence-corrected chi connectivity index (χ1v) is 3.28. The lowest BCUT2D eigenvalue weighted by Crippen LogP contribution is -2.21. The highest BCUT2D eigenvalue weighted by atomic mass is 35.5. The molecule has 0 fully saturated rings. The highest BCUT2D eigenvalue weighted by Gasteiger charge is 2.18. The molecule has 0 amide bonds. The predicted octanol–water partition coefficient (Wildman–Crippen LogP) is 2.08. The Bertz CT molecular complexity index is 155. The van der Waals surface area contributed by atoms with Gasteiger partial charge in [0.25, 0.3) is 0 Å². The molecule has 0 aliphatic heterocycles. The Morgan fingerprint density at radius 1 is 1.60 bits per heavy atom. The maximum atomic E-state index is 10.8. The molecule has 10 heavy (non-hydrogen) atoms. The van der Waals surface area contributed by atoms with Gasteiger partial charge in [-0.2, -0.15) is 0 Å². The summed E-state index contributed by atoms with van der Waals surface area (Å²) in [5.74, 6) is -0.458. The number of carbonyl (C=O) groups excluding carboxylic acids is 1. The quantitative estimate of drug-likeness (QED) is 0.353. The molecule has 0 aromatic carbocycles. The molecule has 0 aromatic heterocycles. The van der Waals surface area contributed by atoms with Crippen molar-refractivity contribution in [1.82, 2.24) is 0 Å². The first kappa shape index (κ1) is 9.50. The van der Waals surface area contributed by atoms with Gasteiger partial charge >= 0.3 is 5.97 Å². The third-order valence-corrected chi connectivity index (χ3v) is 0.761. The monoisotopic (exact) mass is 162 g/mol. The number of hydrogen-bond acceptors (Lipinski definition) is 2. The van der Waals surface area contributed by atoms with Crippen molar-refractivity contribution >= 4 is 17.6 Å². The summed E-state index contributed by atoms with van der Waals surface area (Å²) in [6, 6.07) is 0. The van der Waals surface area contributed by atoms with Crippen LogP contribution in [0.2, 0.25) is 0 Å². The number of alkyl halides is 1. The van der Waals surface area contributed by atoms with Crippen molar-refractivity contribution < 1.29 is 9.53 Å². The normalized spacial score (nSPS) is 10.8. The molecule has 0 saturated carbocycles. The van der Waals surface area contributed by atoms with E-state index >= 15 is 0 Å². The second kappa shape index (κ2) is 3.06. The zero-order chi connectivity index (χ0) is 8.36. The summed E-state index contributed by atoms with van der Waals surface area (Å²) < 4.78 is 4.73. The Labute approximate surface area is 65.8 Å². The zero-order valence-electron chi connectivity index (χ0n) is 6.40. The van der Waals surface area contributed by atoms with Crippen LogP contribution in [0.5, 0.6) is 0 Å². The van der Waals surface area contributed by atoms with E-state index in [1.54, 1.807) is 20.8 Å². The predicted molar refractivity (Wildman–Crippen MR) is 40.8 cm³/mol. The molecular formula is C7H11ClO2. The first-order chi connectivity index (χ1) is 4.33. The van der Waals surface area contributed by atoms with Crippen LogP contribution in [0.1, 0.15) is 20.8 Å². The second-order valence-corrected chi connectivity index (χ2v) is 3.44. The lowest BCUT2D eigenvalue weighted by molar-refractivity contribution is -0.145. The van der Waals surface area contributed by atoms with E-state index in [2.05, 4.69) is 6.58 Å². The van der Waals surface area contributed by atoms with E-state index in [9.17, 15) is 4.79 Å². The number of hydrogen-bond donors (Lipinski definition) is 0. The molecule has 2 nitrogen and oxygen atoms in total. The largest absolute Gasteiger partial charge is 0.440 e. The van der Waals surface area contributed by atoms with Gasteiger partial charge in [-0.3, -0.25) is 0 Å². The van der Waals surface area contributed by atoms with Gasteiger partial charge in [0.15, 0.2) is 5.06 Å². The third kappa shape index (κ3) is 4.39. The summed E-state index contributed by atoms with van der Waals surface area (Å²) in [4.78, 5) is 10.8. The van der Waals surface area contributed by atoms with Gasteiger partial charge in [-0.05, 0) is 20.8 Å². The van der Waals surface area contributed by atoms with Crippen molar-refractivity contribution in [3.63, 3.8) is 0 Å². The van der Waals surface area contributed by atoms with Gasteiger partial charge in [-0.1, -0.05) is 18.2 Å². The van der Waals surface area contributed by atoms with Crippen LogP contribution in [0.3, 0.4) is 0 Å². The van der Waals surface area contributed by atoms with Crippen LogP contribution in [-0.2, 0) is 9.53 Å². The highest BCUT2D eigenvalue weighted by Crippen LogP contribution is 2.15. The van der Waals surface area contributed by atoms with E-state index in [0.29, 0.717) is 5.57 Å². The minimum atomic E-state index is -0.934. The molecule has 0 bridgehead atoms. The molecule has 0 atom stereocenters. The standard InChI is InChI=1S/C7H11ClO2/c1-5(2)6(9)10-7(3,4)8/h1H2,2-4H3. The van der Waals surface area contributed by atoms with Crippen molar-refractivity contribution in [2.24, 2.45) is 0 Å². The Kier molecular flexibility index (Phi) is 2.91. The molecule has 0 aromatic rings. The van der Waals surface area contributed by atoms with Crippen molar-refractivity contribution in [3.05, 3.63) is 12.2 Å². The minimum absolute atomic E-state index is 0.355. The number of rotatable bonds is 2. The summed E-state index contributed by atoms with van der Waals surface area (Å²) in [7, 11) is 0. The van der Waals surface area contributed by atoms with Gasteiger partial charge in [-0.15, -0.1) is 0 Å². The third-order valence-electron chi connectivity index (χ3n) is 0.684. The van der Waals surface area contributed by atoms with Crippen LogP contribution in [0, 0.1) is 0 Å². The van der Waals surface area contributed by atoms with E-state index < -0.39 is 11.0 Å². The topological polar surface area (TPSA) is 26.3 Å². The van der Waals surface area contributed by atoms with Gasteiger partial charge < -0.3 is 4.74 Å². The molecule has 0 rings (SSSR count). The molecule has 3 heteroatoms.